The first-order valence-corrected chi connectivity index (χ1v) is 12.4. The average Bonchev–Trinajstić information content (AvgIpc) is 3.62. The van der Waals surface area contributed by atoms with Crippen molar-refractivity contribution in [1.82, 2.24) is 4.68 Å². The first-order valence-electron chi connectivity index (χ1n) is 11.1. The van der Waals surface area contributed by atoms with Gasteiger partial charge in [-0.15, -0.1) is 11.3 Å². The first kappa shape index (κ1) is 23.0. The number of thiazole rings is 1. The molecular weight excluding hydrogens is 516 g/mol. The van der Waals surface area contributed by atoms with E-state index in [1.165, 1.54) is 29.7 Å². The lowest BCUT2D eigenvalue weighted by atomic mass is 10.1. The van der Waals surface area contributed by atoms with Gasteiger partial charge in [0.2, 0.25) is 11.6 Å². The Bertz CT molecular complexity index is 1750. The van der Waals surface area contributed by atoms with Gasteiger partial charge in [-0.05, 0) is 42.8 Å². The van der Waals surface area contributed by atoms with Crippen molar-refractivity contribution >= 4 is 51.5 Å². The SMILES string of the molecule is Cc1c(Cl)cccc1N=c1scc(-c2cc3ccccc3o2)n1N=Cc1cc2c(cc1[N+](=O)[O-])OCO2. The lowest BCUT2D eigenvalue weighted by Crippen LogP contribution is -2.11. The highest BCUT2D eigenvalue weighted by molar-refractivity contribution is 7.07. The van der Waals surface area contributed by atoms with Crippen LogP contribution in [0.1, 0.15) is 11.1 Å². The Morgan fingerprint density at radius 3 is 2.73 bits per heavy atom. The van der Waals surface area contributed by atoms with Crippen LogP contribution in [-0.2, 0) is 0 Å². The van der Waals surface area contributed by atoms with Crippen LogP contribution in [0.25, 0.3) is 22.4 Å². The fourth-order valence-electron chi connectivity index (χ4n) is 3.92. The molecule has 1 aliphatic heterocycles. The monoisotopic (exact) mass is 532 g/mol. The molecule has 0 radical (unpaired) electrons. The summed E-state index contributed by atoms with van der Waals surface area (Å²) in [7, 11) is 0. The Hall–Kier alpha value is -4.41. The van der Waals surface area contributed by atoms with E-state index in [9.17, 15) is 10.1 Å². The molecule has 0 spiro atoms. The van der Waals surface area contributed by atoms with Gasteiger partial charge in [0.15, 0.2) is 17.3 Å². The fourth-order valence-corrected chi connectivity index (χ4v) is 4.91. The number of nitrogens with zero attached hydrogens (tertiary/aromatic N) is 4. The Labute approximate surface area is 218 Å². The van der Waals surface area contributed by atoms with Crippen LogP contribution < -0.4 is 14.3 Å². The highest BCUT2D eigenvalue weighted by Gasteiger charge is 2.23. The normalized spacial score (nSPS) is 13.2. The van der Waals surface area contributed by atoms with Crippen LogP contribution in [0.15, 0.2) is 80.6 Å². The molecular formula is C26H17ClN4O5S. The molecule has 0 saturated heterocycles. The maximum atomic E-state index is 11.7. The molecule has 9 nitrogen and oxygen atoms in total. The number of nitro groups is 1. The molecule has 0 bridgehead atoms. The number of aromatic nitrogens is 1. The summed E-state index contributed by atoms with van der Waals surface area (Å²) in [6, 6.07) is 18.0. The lowest BCUT2D eigenvalue weighted by molar-refractivity contribution is -0.385. The molecule has 6 rings (SSSR count). The standard InChI is InChI=1S/C26H17ClN4O5S/c1-15-18(27)6-4-7-19(15)29-26-30(21(13-37-26)23-9-16-5-2-3-8-22(16)36-23)28-12-17-10-24-25(35-14-34-24)11-20(17)31(32)33/h2-13H,14H2,1H3. The van der Waals surface area contributed by atoms with Gasteiger partial charge in [-0.2, -0.15) is 5.10 Å². The van der Waals surface area contributed by atoms with Crippen LogP contribution >= 0.6 is 22.9 Å². The second kappa shape index (κ2) is 9.23. The molecule has 1 aliphatic rings. The Kier molecular flexibility index (Phi) is 5.74. The van der Waals surface area contributed by atoms with Crippen LogP contribution in [-0.4, -0.2) is 22.6 Å². The van der Waals surface area contributed by atoms with Crippen molar-refractivity contribution in [3.8, 4) is 23.0 Å². The highest BCUT2D eigenvalue weighted by atomic mass is 35.5. The molecule has 11 heteroatoms. The van der Waals surface area contributed by atoms with E-state index in [0.717, 1.165) is 16.5 Å². The van der Waals surface area contributed by atoms with Crippen molar-refractivity contribution in [2.24, 2.45) is 10.1 Å². The molecule has 2 aromatic heterocycles. The predicted octanol–water partition coefficient (Wildman–Crippen LogP) is 6.68. The van der Waals surface area contributed by atoms with Gasteiger partial charge >= 0.3 is 0 Å². The molecule has 3 aromatic carbocycles. The van der Waals surface area contributed by atoms with Crippen molar-refractivity contribution in [3.05, 3.63) is 97.1 Å². The molecule has 5 aromatic rings. The number of para-hydroxylation sites is 1. The number of hydrogen-bond donors (Lipinski definition) is 0. The largest absolute Gasteiger partial charge is 0.454 e. The lowest BCUT2D eigenvalue weighted by Gasteiger charge is -2.04. The molecule has 0 unspecified atom stereocenters. The maximum absolute atomic E-state index is 11.7. The van der Waals surface area contributed by atoms with Crippen LogP contribution in [0.4, 0.5) is 11.4 Å². The number of fused-ring (bicyclic) bond motifs is 2. The third-order valence-electron chi connectivity index (χ3n) is 5.85. The van der Waals surface area contributed by atoms with Gasteiger partial charge in [-0.1, -0.05) is 35.9 Å². The Balaban J connectivity index is 1.53. The summed E-state index contributed by atoms with van der Waals surface area (Å²) in [6.07, 6.45) is 1.41. The molecule has 3 heterocycles. The molecule has 0 fully saturated rings. The van der Waals surface area contributed by atoms with Crippen LogP contribution in [0, 0.1) is 17.0 Å². The smallest absolute Gasteiger partial charge is 0.282 e. The van der Waals surface area contributed by atoms with Gasteiger partial charge in [0.1, 0.15) is 11.3 Å². The van der Waals surface area contributed by atoms with Crippen molar-refractivity contribution in [3.63, 3.8) is 0 Å². The third-order valence-corrected chi connectivity index (χ3v) is 7.07. The second-order valence-corrected chi connectivity index (χ2v) is 9.37. The predicted molar refractivity (Wildman–Crippen MR) is 141 cm³/mol. The van der Waals surface area contributed by atoms with Crippen LogP contribution in [0.5, 0.6) is 11.5 Å². The van der Waals surface area contributed by atoms with Crippen molar-refractivity contribution in [2.45, 2.75) is 6.92 Å². The van der Waals surface area contributed by atoms with Crippen molar-refractivity contribution in [2.75, 3.05) is 6.79 Å². The number of halogens is 1. The van der Waals surface area contributed by atoms with E-state index in [0.29, 0.717) is 38.5 Å². The number of nitro benzene ring substituents is 1. The fraction of sp³-hybridized carbons (Fsp3) is 0.0769. The minimum Gasteiger partial charge on any atom is -0.454 e. The summed E-state index contributed by atoms with van der Waals surface area (Å²) < 4.78 is 18.4. The van der Waals surface area contributed by atoms with E-state index in [4.69, 9.17) is 30.5 Å². The van der Waals surface area contributed by atoms with Crippen LogP contribution in [0.3, 0.4) is 0 Å². The van der Waals surface area contributed by atoms with E-state index in [-0.39, 0.29) is 18.0 Å². The minimum absolute atomic E-state index is 0.00454. The quantitative estimate of drug-likeness (QED) is 0.143. The summed E-state index contributed by atoms with van der Waals surface area (Å²) in [5, 5.41) is 19.8. The summed E-state index contributed by atoms with van der Waals surface area (Å²) in [5.74, 6) is 1.32. The van der Waals surface area contributed by atoms with E-state index in [1.54, 1.807) is 10.7 Å². The van der Waals surface area contributed by atoms with E-state index < -0.39 is 4.92 Å². The zero-order chi connectivity index (χ0) is 25.5. The van der Waals surface area contributed by atoms with Gasteiger partial charge in [0.05, 0.1) is 28.5 Å². The second-order valence-electron chi connectivity index (χ2n) is 8.13. The van der Waals surface area contributed by atoms with E-state index in [2.05, 4.69) is 5.10 Å². The van der Waals surface area contributed by atoms with Gasteiger partial charge in [0.25, 0.3) is 5.69 Å². The molecule has 0 atom stereocenters. The van der Waals surface area contributed by atoms with E-state index in [1.807, 2.05) is 54.8 Å². The van der Waals surface area contributed by atoms with E-state index >= 15 is 0 Å². The number of ether oxygens (including phenoxy) is 2. The number of benzene rings is 3. The Morgan fingerprint density at radius 1 is 1.11 bits per heavy atom. The summed E-state index contributed by atoms with van der Waals surface area (Å²) >= 11 is 7.66. The van der Waals surface area contributed by atoms with Crippen molar-refractivity contribution in [1.29, 1.82) is 0 Å². The molecule has 184 valence electrons. The van der Waals surface area contributed by atoms with Gasteiger partial charge in [-0.3, -0.25) is 10.1 Å². The Morgan fingerprint density at radius 2 is 1.92 bits per heavy atom. The topological polar surface area (TPSA) is 104 Å². The zero-order valence-electron chi connectivity index (χ0n) is 19.3. The molecule has 0 N–H and O–H groups in total. The minimum atomic E-state index is -0.484. The van der Waals surface area contributed by atoms with Crippen LogP contribution in [0.2, 0.25) is 5.02 Å². The van der Waals surface area contributed by atoms with Gasteiger partial charge in [-0.25, -0.2) is 9.67 Å². The maximum Gasteiger partial charge on any atom is 0.282 e. The number of furan rings is 1. The molecule has 0 aliphatic carbocycles. The van der Waals surface area contributed by atoms with Gasteiger partial charge in [0, 0.05) is 15.8 Å². The number of hydrogen-bond acceptors (Lipinski definition) is 8. The zero-order valence-corrected chi connectivity index (χ0v) is 20.8. The molecule has 0 saturated carbocycles. The van der Waals surface area contributed by atoms with Gasteiger partial charge < -0.3 is 13.9 Å². The average molecular weight is 533 g/mol. The first-order chi connectivity index (χ1) is 18.0. The molecule has 37 heavy (non-hydrogen) atoms. The summed E-state index contributed by atoms with van der Waals surface area (Å²) in [5.41, 5.74) is 2.98. The van der Waals surface area contributed by atoms with Crippen molar-refractivity contribution < 1.29 is 18.8 Å². The number of rotatable bonds is 5. The molecule has 0 amide bonds. The summed E-state index contributed by atoms with van der Waals surface area (Å²) in [4.78, 5) is 16.6. The highest BCUT2D eigenvalue weighted by Crippen LogP contribution is 2.37. The summed E-state index contributed by atoms with van der Waals surface area (Å²) in [6.45, 7) is 1.89. The third kappa shape index (κ3) is 4.26.